The van der Waals surface area contributed by atoms with Crippen molar-refractivity contribution in [3.63, 3.8) is 0 Å². The van der Waals surface area contributed by atoms with E-state index in [0.717, 1.165) is 0 Å². The number of H-pyrrole nitrogens is 1. The van der Waals surface area contributed by atoms with Crippen LogP contribution in [0.25, 0.3) is 0 Å². The lowest BCUT2D eigenvalue weighted by atomic mass is 10.3. The van der Waals surface area contributed by atoms with Gasteiger partial charge in [-0.2, -0.15) is 0 Å². The Morgan fingerprint density at radius 1 is 1.71 bits per heavy atom. The Bertz CT molecular complexity index is 439. The Hall–Kier alpha value is -2.09. The molecule has 5 nitrogen and oxygen atoms in total. The number of carbonyl (C=O) groups is 1. The highest BCUT2D eigenvalue weighted by Crippen LogP contribution is 1.79. The predicted molar refractivity (Wildman–Crippen MR) is 50.4 cm³/mol. The molecular formula is C9H9N3O2. The third-order valence-electron chi connectivity index (χ3n) is 1.37. The van der Waals surface area contributed by atoms with Gasteiger partial charge in [0.15, 0.2) is 0 Å². The molecule has 1 amide bonds. The van der Waals surface area contributed by atoms with Gasteiger partial charge in [-0.3, -0.25) is 9.59 Å². The fourth-order valence-corrected chi connectivity index (χ4v) is 0.741. The molecule has 0 radical (unpaired) electrons. The number of nitrogens with zero attached hydrogens (tertiary/aromatic N) is 1. The molecule has 0 saturated heterocycles. The van der Waals surface area contributed by atoms with Crippen LogP contribution in [0.4, 0.5) is 0 Å². The van der Waals surface area contributed by atoms with Crippen molar-refractivity contribution in [1.29, 1.82) is 0 Å². The third kappa shape index (κ3) is 3.11. The molecule has 0 unspecified atom stereocenters. The molecule has 0 aliphatic carbocycles. The van der Waals surface area contributed by atoms with Crippen LogP contribution in [0.15, 0.2) is 17.3 Å². The summed E-state index contributed by atoms with van der Waals surface area (Å²) in [4.78, 5) is 27.6. The molecule has 1 aromatic rings. The number of amides is 1. The molecule has 0 aromatic carbocycles. The molecule has 1 aromatic heterocycles. The van der Waals surface area contributed by atoms with Crippen LogP contribution in [0.3, 0.4) is 0 Å². The van der Waals surface area contributed by atoms with Crippen molar-refractivity contribution in [3.8, 4) is 11.8 Å². The van der Waals surface area contributed by atoms with Gasteiger partial charge in [0, 0.05) is 13.1 Å². The summed E-state index contributed by atoms with van der Waals surface area (Å²) in [5, 5.41) is 2.49. The lowest BCUT2D eigenvalue weighted by Crippen LogP contribution is -2.19. The van der Waals surface area contributed by atoms with Crippen molar-refractivity contribution in [2.45, 2.75) is 6.92 Å². The van der Waals surface area contributed by atoms with Crippen molar-refractivity contribution in [3.05, 3.63) is 28.4 Å². The van der Waals surface area contributed by atoms with Crippen LogP contribution in [0, 0.1) is 11.8 Å². The first-order valence-electron chi connectivity index (χ1n) is 3.96. The van der Waals surface area contributed by atoms with Crippen molar-refractivity contribution in [2.24, 2.45) is 0 Å². The summed E-state index contributed by atoms with van der Waals surface area (Å²) in [6.45, 7) is 1.63. The molecular weight excluding hydrogens is 182 g/mol. The van der Waals surface area contributed by atoms with Gasteiger partial charge >= 0.3 is 0 Å². The first kappa shape index (κ1) is 9.99. The summed E-state index contributed by atoms with van der Waals surface area (Å²) in [5.41, 5.74) is 0.00757. The normalized spacial score (nSPS) is 8.64. The first-order chi connectivity index (χ1) is 6.70. The van der Waals surface area contributed by atoms with E-state index in [1.54, 1.807) is 0 Å². The summed E-state index contributed by atoms with van der Waals surface area (Å²) < 4.78 is 0. The van der Waals surface area contributed by atoms with E-state index in [0.29, 0.717) is 0 Å². The molecule has 0 aliphatic rings. The van der Waals surface area contributed by atoms with E-state index in [2.05, 4.69) is 27.1 Å². The SMILES string of the molecule is CC(=O)NCC#Cc1cnc[nH]c1=O. The van der Waals surface area contributed by atoms with Crippen molar-refractivity contribution < 1.29 is 4.79 Å². The van der Waals surface area contributed by atoms with Crippen LogP contribution < -0.4 is 10.9 Å². The summed E-state index contributed by atoms with van der Waals surface area (Å²) in [6, 6.07) is 0. The van der Waals surface area contributed by atoms with Crippen molar-refractivity contribution in [1.82, 2.24) is 15.3 Å². The van der Waals surface area contributed by atoms with Gasteiger partial charge in [0.25, 0.3) is 5.56 Å². The maximum Gasteiger partial charge on any atom is 0.266 e. The molecule has 1 heterocycles. The van der Waals surface area contributed by atoms with E-state index in [9.17, 15) is 9.59 Å². The largest absolute Gasteiger partial charge is 0.345 e. The Morgan fingerprint density at radius 2 is 2.50 bits per heavy atom. The fraction of sp³-hybridized carbons (Fsp3) is 0.222. The van der Waals surface area contributed by atoms with Gasteiger partial charge in [0.1, 0.15) is 5.56 Å². The number of hydrogen-bond acceptors (Lipinski definition) is 3. The highest BCUT2D eigenvalue weighted by molar-refractivity contribution is 5.73. The Kier molecular flexibility index (Phi) is 3.44. The lowest BCUT2D eigenvalue weighted by molar-refractivity contribution is -0.118. The number of hydrogen-bond donors (Lipinski definition) is 2. The topological polar surface area (TPSA) is 74.8 Å². The minimum atomic E-state index is -0.282. The number of rotatable bonds is 1. The highest BCUT2D eigenvalue weighted by Gasteiger charge is 1.91. The summed E-state index contributed by atoms with van der Waals surface area (Å²) >= 11 is 0. The zero-order chi connectivity index (χ0) is 10.4. The van der Waals surface area contributed by atoms with Gasteiger partial charge in [-0.15, -0.1) is 0 Å². The summed E-state index contributed by atoms with van der Waals surface area (Å²) in [7, 11) is 0. The van der Waals surface area contributed by atoms with E-state index in [4.69, 9.17) is 0 Å². The van der Waals surface area contributed by atoms with Gasteiger partial charge in [-0.05, 0) is 0 Å². The average molecular weight is 191 g/mol. The van der Waals surface area contributed by atoms with E-state index in [1.807, 2.05) is 0 Å². The molecule has 0 spiro atoms. The Labute approximate surface area is 80.6 Å². The van der Waals surface area contributed by atoms with Gasteiger partial charge in [0.2, 0.25) is 5.91 Å². The standard InChI is InChI=1S/C9H9N3O2/c1-7(13)11-4-2-3-8-5-10-6-12-9(8)14/h5-6H,4H2,1H3,(H,11,13)(H,10,12,14). The monoisotopic (exact) mass is 191 g/mol. The van der Waals surface area contributed by atoms with Gasteiger partial charge in [-0.25, -0.2) is 4.98 Å². The van der Waals surface area contributed by atoms with Gasteiger partial charge < -0.3 is 10.3 Å². The first-order valence-corrected chi connectivity index (χ1v) is 3.96. The zero-order valence-electron chi connectivity index (χ0n) is 7.63. The van der Waals surface area contributed by atoms with E-state index >= 15 is 0 Å². The maximum atomic E-state index is 11.1. The molecule has 14 heavy (non-hydrogen) atoms. The van der Waals surface area contributed by atoms with E-state index in [1.165, 1.54) is 19.4 Å². The van der Waals surface area contributed by atoms with Crippen LogP contribution in [0.1, 0.15) is 12.5 Å². The van der Waals surface area contributed by atoms with Crippen LogP contribution in [-0.2, 0) is 4.79 Å². The van der Waals surface area contributed by atoms with Crippen molar-refractivity contribution >= 4 is 5.91 Å². The Morgan fingerprint density at radius 3 is 3.14 bits per heavy atom. The van der Waals surface area contributed by atoms with Crippen molar-refractivity contribution in [2.75, 3.05) is 6.54 Å². The molecule has 2 N–H and O–H groups in total. The maximum absolute atomic E-state index is 11.1. The number of carbonyl (C=O) groups excluding carboxylic acids is 1. The quantitative estimate of drug-likeness (QED) is 0.574. The molecule has 72 valence electrons. The van der Waals surface area contributed by atoms with E-state index in [-0.39, 0.29) is 23.6 Å². The van der Waals surface area contributed by atoms with Gasteiger partial charge in [0.05, 0.1) is 12.9 Å². The molecule has 0 bridgehead atoms. The van der Waals surface area contributed by atoms with Crippen LogP contribution in [-0.4, -0.2) is 22.4 Å². The average Bonchev–Trinajstić information content (AvgIpc) is 2.15. The van der Waals surface area contributed by atoms with Gasteiger partial charge in [-0.1, -0.05) is 11.8 Å². The highest BCUT2D eigenvalue weighted by atomic mass is 16.1. The lowest BCUT2D eigenvalue weighted by Gasteiger charge is -1.91. The molecule has 5 heteroatoms. The third-order valence-corrected chi connectivity index (χ3v) is 1.37. The number of nitrogens with one attached hydrogen (secondary N) is 2. The van der Waals surface area contributed by atoms with Crippen LogP contribution in [0.2, 0.25) is 0 Å². The fourth-order valence-electron chi connectivity index (χ4n) is 0.741. The van der Waals surface area contributed by atoms with Crippen LogP contribution in [0.5, 0.6) is 0 Å². The molecule has 0 fully saturated rings. The second kappa shape index (κ2) is 4.82. The molecule has 0 saturated carbocycles. The minimum Gasteiger partial charge on any atom is -0.345 e. The number of aromatic nitrogens is 2. The molecule has 0 atom stereocenters. The minimum absolute atomic E-state index is 0.153. The second-order valence-electron chi connectivity index (χ2n) is 2.51. The number of aromatic amines is 1. The zero-order valence-corrected chi connectivity index (χ0v) is 7.63. The molecule has 0 aliphatic heterocycles. The van der Waals surface area contributed by atoms with Crippen LogP contribution >= 0.6 is 0 Å². The second-order valence-corrected chi connectivity index (χ2v) is 2.51. The summed E-state index contributed by atoms with van der Waals surface area (Å²) in [5.74, 6) is 5.08. The Balaban J connectivity index is 2.64. The van der Waals surface area contributed by atoms with E-state index < -0.39 is 0 Å². The predicted octanol–water partition coefficient (Wildman–Crippen LogP) is -0.743. The molecule has 1 rings (SSSR count). The smallest absolute Gasteiger partial charge is 0.266 e. The summed E-state index contributed by atoms with van der Waals surface area (Å²) in [6.07, 6.45) is 2.67.